The highest BCUT2D eigenvalue weighted by Gasteiger charge is 2.37. The predicted molar refractivity (Wildman–Crippen MR) is 132 cm³/mol. The molecule has 3 rings (SSSR count). The number of rotatable bonds is 15. The number of carbonyl (C=O) groups is 1. The lowest BCUT2D eigenvalue weighted by Gasteiger charge is -2.07. The van der Waals surface area contributed by atoms with E-state index in [9.17, 15) is 4.79 Å². The minimum Gasteiger partial charge on any atom is -0.322 e. The van der Waals surface area contributed by atoms with Crippen molar-refractivity contribution in [2.45, 2.75) is 89.5 Å². The second-order valence-corrected chi connectivity index (χ2v) is 9.03. The molecule has 0 heterocycles. The van der Waals surface area contributed by atoms with Crippen LogP contribution < -0.4 is 10.6 Å². The van der Waals surface area contributed by atoms with Gasteiger partial charge in [-0.05, 0) is 49.2 Å². The van der Waals surface area contributed by atoms with Crippen LogP contribution in [0.4, 0.5) is 5.69 Å². The highest BCUT2D eigenvalue weighted by molar-refractivity contribution is 6.04. The van der Waals surface area contributed by atoms with E-state index in [0.29, 0.717) is 17.5 Å². The zero-order chi connectivity index (χ0) is 21.7. The Labute approximate surface area is 189 Å². The first kappa shape index (κ1) is 23.5. The van der Waals surface area contributed by atoms with E-state index in [1.807, 2.05) is 42.5 Å². The summed E-state index contributed by atoms with van der Waals surface area (Å²) in [6.45, 7) is 3.42. The maximum absolute atomic E-state index is 12.3. The summed E-state index contributed by atoms with van der Waals surface area (Å²) in [6.07, 6.45) is 15.1. The van der Waals surface area contributed by atoms with E-state index in [1.54, 1.807) is 0 Å². The number of carbonyl (C=O) groups excluding carboxylic acids is 1. The lowest BCUT2D eigenvalue weighted by molar-refractivity contribution is 0.102. The normalized spacial score (nSPS) is 17.5. The Morgan fingerprint density at radius 2 is 1.42 bits per heavy atom. The molecule has 2 atom stereocenters. The van der Waals surface area contributed by atoms with Crippen LogP contribution in [0.25, 0.3) is 0 Å². The third-order valence-electron chi connectivity index (χ3n) is 6.36. The number of hydrogen-bond donors (Lipinski definition) is 2. The van der Waals surface area contributed by atoms with Gasteiger partial charge in [0.2, 0.25) is 0 Å². The molecular formula is C28H40N2O. The molecule has 0 saturated heterocycles. The SMILES string of the molecule is CCCCCCCCCCCCN[C@@H]1C[C@H]1c1ccc(NC(=O)c2ccccc2)cc1. The van der Waals surface area contributed by atoms with Gasteiger partial charge in [-0.25, -0.2) is 0 Å². The molecule has 0 aliphatic heterocycles. The molecule has 0 radical (unpaired) electrons. The molecule has 1 aliphatic rings. The van der Waals surface area contributed by atoms with Crippen LogP contribution in [0.5, 0.6) is 0 Å². The maximum atomic E-state index is 12.3. The van der Waals surface area contributed by atoms with Crippen molar-refractivity contribution in [2.75, 3.05) is 11.9 Å². The molecule has 2 aromatic rings. The minimum absolute atomic E-state index is 0.0594. The Hall–Kier alpha value is -2.13. The van der Waals surface area contributed by atoms with E-state index >= 15 is 0 Å². The van der Waals surface area contributed by atoms with Crippen molar-refractivity contribution >= 4 is 11.6 Å². The summed E-state index contributed by atoms with van der Waals surface area (Å²) in [4.78, 5) is 12.3. The molecule has 1 aliphatic carbocycles. The summed E-state index contributed by atoms with van der Waals surface area (Å²) in [5, 5.41) is 6.71. The average Bonchev–Trinajstić information content (AvgIpc) is 3.58. The third kappa shape index (κ3) is 8.49. The monoisotopic (exact) mass is 420 g/mol. The van der Waals surface area contributed by atoms with Crippen LogP contribution in [-0.4, -0.2) is 18.5 Å². The largest absolute Gasteiger partial charge is 0.322 e. The van der Waals surface area contributed by atoms with Gasteiger partial charge >= 0.3 is 0 Å². The van der Waals surface area contributed by atoms with Gasteiger partial charge in [0.15, 0.2) is 0 Å². The Morgan fingerprint density at radius 1 is 0.806 bits per heavy atom. The van der Waals surface area contributed by atoms with Gasteiger partial charge in [0.1, 0.15) is 0 Å². The van der Waals surface area contributed by atoms with Crippen LogP contribution in [0.15, 0.2) is 54.6 Å². The van der Waals surface area contributed by atoms with Crippen LogP contribution >= 0.6 is 0 Å². The zero-order valence-corrected chi connectivity index (χ0v) is 19.2. The summed E-state index contributed by atoms with van der Waals surface area (Å²) >= 11 is 0. The molecule has 2 N–H and O–H groups in total. The van der Waals surface area contributed by atoms with E-state index in [4.69, 9.17) is 0 Å². The summed E-state index contributed by atoms with van der Waals surface area (Å²) in [5.74, 6) is 0.567. The lowest BCUT2D eigenvalue weighted by atomic mass is 10.1. The topological polar surface area (TPSA) is 41.1 Å². The Kier molecular flexibility index (Phi) is 10.1. The number of hydrogen-bond acceptors (Lipinski definition) is 2. The first-order valence-corrected chi connectivity index (χ1v) is 12.5. The van der Waals surface area contributed by atoms with E-state index in [2.05, 4.69) is 29.7 Å². The van der Waals surface area contributed by atoms with Crippen LogP contribution in [0, 0.1) is 0 Å². The van der Waals surface area contributed by atoms with Crippen molar-refractivity contribution in [2.24, 2.45) is 0 Å². The standard InChI is InChI=1S/C28H40N2O/c1-2-3-4-5-6-7-8-9-10-14-21-29-27-22-26(27)23-17-19-25(20-18-23)30-28(31)24-15-12-11-13-16-24/h11-13,15-20,26-27,29H,2-10,14,21-22H2,1H3,(H,30,31)/t26-,27+/m0/s1. The maximum Gasteiger partial charge on any atom is 0.255 e. The smallest absolute Gasteiger partial charge is 0.255 e. The van der Waals surface area contributed by atoms with E-state index < -0.39 is 0 Å². The number of nitrogens with one attached hydrogen (secondary N) is 2. The highest BCUT2D eigenvalue weighted by atomic mass is 16.1. The van der Waals surface area contributed by atoms with Crippen LogP contribution in [0.3, 0.4) is 0 Å². The second-order valence-electron chi connectivity index (χ2n) is 9.03. The van der Waals surface area contributed by atoms with Gasteiger partial charge in [-0.3, -0.25) is 4.79 Å². The number of benzene rings is 2. The van der Waals surface area contributed by atoms with Gasteiger partial charge in [0.25, 0.3) is 5.91 Å². The summed E-state index contributed by atoms with van der Waals surface area (Å²) in [7, 11) is 0. The van der Waals surface area contributed by atoms with Gasteiger partial charge in [0.05, 0.1) is 0 Å². The Balaban J connectivity index is 1.24. The molecule has 168 valence electrons. The van der Waals surface area contributed by atoms with E-state index in [0.717, 1.165) is 12.2 Å². The summed E-state index contributed by atoms with van der Waals surface area (Å²) in [6, 6.07) is 18.3. The molecule has 2 aromatic carbocycles. The van der Waals surface area contributed by atoms with Crippen LogP contribution in [-0.2, 0) is 0 Å². The van der Waals surface area contributed by atoms with Crippen molar-refractivity contribution in [3.63, 3.8) is 0 Å². The van der Waals surface area contributed by atoms with Gasteiger partial charge in [0, 0.05) is 23.2 Å². The van der Waals surface area contributed by atoms with Gasteiger partial charge in [-0.15, -0.1) is 0 Å². The number of unbranched alkanes of at least 4 members (excludes halogenated alkanes) is 9. The van der Waals surface area contributed by atoms with Crippen molar-refractivity contribution in [1.29, 1.82) is 0 Å². The molecule has 0 unspecified atom stereocenters. The lowest BCUT2D eigenvalue weighted by Crippen LogP contribution is -2.19. The van der Waals surface area contributed by atoms with E-state index in [-0.39, 0.29) is 5.91 Å². The minimum atomic E-state index is -0.0594. The van der Waals surface area contributed by atoms with Crippen molar-refractivity contribution in [3.05, 3.63) is 65.7 Å². The fraction of sp³-hybridized carbons (Fsp3) is 0.536. The predicted octanol–water partition coefficient (Wildman–Crippen LogP) is 7.31. The number of amides is 1. The fourth-order valence-electron chi connectivity index (χ4n) is 4.30. The molecule has 31 heavy (non-hydrogen) atoms. The quantitative estimate of drug-likeness (QED) is 0.297. The van der Waals surface area contributed by atoms with Crippen molar-refractivity contribution in [3.8, 4) is 0 Å². The van der Waals surface area contributed by atoms with Gasteiger partial charge < -0.3 is 10.6 Å². The molecule has 1 amide bonds. The zero-order valence-electron chi connectivity index (χ0n) is 19.2. The molecule has 1 saturated carbocycles. The second kappa shape index (κ2) is 13.3. The molecule has 0 bridgehead atoms. The first-order valence-electron chi connectivity index (χ1n) is 12.5. The molecule has 1 fully saturated rings. The highest BCUT2D eigenvalue weighted by Crippen LogP contribution is 2.41. The molecule has 0 aromatic heterocycles. The average molecular weight is 421 g/mol. The van der Waals surface area contributed by atoms with Gasteiger partial charge in [-0.2, -0.15) is 0 Å². The summed E-state index contributed by atoms with van der Waals surface area (Å²) < 4.78 is 0. The Morgan fingerprint density at radius 3 is 2.06 bits per heavy atom. The van der Waals surface area contributed by atoms with Crippen LogP contribution in [0.2, 0.25) is 0 Å². The molecule has 3 nitrogen and oxygen atoms in total. The molecule has 0 spiro atoms. The summed E-state index contributed by atoms with van der Waals surface area (Å²) in [5.41, 5.74) is 2.91. The van der Waals surface area contributed by atoms with Crippen molar-refractivity contribution < 1.29 is 4.79 Å². The van der Waals surface area contributed by atoms with Crippen molar-refractivity contribution in [1.82, 2.24) is 5.32 Å². The molecular weight excluding hydrogens is 380 g/mol. The van der Waals surface area contributed by atoms with Crippen LogP contribution in [0.1, 0.15) is 99.4 Å². The van der Waals surface area contributed by atoms with Gasteiger partial charge in [-0.1, -0.05) is 95.0 Å². The third-order valence-corrected chi connectivity index (χ3v) is 6.36. The molecule has 3 heteroatoms. The Bertz CT molecular complexity index is 756. The first-order chi connectivity index (χ1) is 15.3. The van der Waals surface area contributed by atoms with E-state index in [1.165, 1.54) is 76.2 Å². The fourth-order valence-corrected chi connectivity index (χ4v) is 4.30. The number of anilines is 1.